The highest BCUT2D eigenvalue weighted by Crippen LogP contribution is 2.64. The second-order valence-corrected chi connectivity index (χ2v) is 8.35. The molecule has 2 unspecified atom stereocenters. The van der Waals surface area contributed by atoms with Crippen LogP contribution in [0.1, 0.15) is 35.1 Å². The van der Waals surface area contributed by atoms with E-state index in [-0.39, 0.29) is 23.3 Å². The molecule has 2 aromatic carbocycles. The number of allylic oxidation sites excluding steroid dienone is 1. The number of nitrogens with zero attached hydrogens (tertiary/aromatic N) is 2. The van der Waals surface area contributed by atoms with E-state index in [0.29, 0.717) is 16.2 Å². The topological polar surface area (TPSA) is 80.5 Å². The first-order valence-corrected chi connectivity index (χ1v) is 9.79. The number of carbonyl (C=O) groups is 2. The molecule has 2 atom stereocenters. The van der Waals surface area contributed by atoms with Gasteiger partial charge in [-0.05, 0) is 18.1 Å². The van der Waals surface area contributed by atoms with Gasteiger partial charge in [0.05, 0.1) is 5.92 Å². The van der Waals surface area contributed by atoms with E-state index in [1.165, 1.54) is 0 Å². The summed E-state index contributed by atoms with van der Waals surface area (Å²) in [4.78, 5) is 40.2. The molecule has 29 heavy (non-hydrogen) atoms. The third kappa shape index (κ3) is 2.07. The van der Waals surface area contributed by atoms with E-state index in [9.17, 15) is 19.7 Å². The van der Waals surface area contributed by atoms with Crippen LogP contribution in [0, 0.1) is 22.0 Å². The quantitative estimate of drug-likeness (QED) is 0.443. The van der Waals surface area contributed by atoms with Gasteiger partial charge < -0.3 is 0 Å². The molecule has 0 N–H and O–H groups in total. The van der Waals surface area contributed by atoms with Crippen LogP contribution in [0.4, 0.5) is 0 Å². The van der Waals surface area contributed by atoms with Crippen LogP contribution in [-0.2, 0) is 15.1 Å². The van der Waals surface area contributed by atoms with E-state index in [1.54, 1.807) is 37.3 Å². The standard InChI is InChI=1S/C22H17ClN2O4/c1-12(23)10-11-24-20(26)18-17-13-6-2-4-8-15(13)22(25(28)29,19(18)21(24)27)16-9-5-3-7-14(16)17/h2-10,17-19H,11H2,1H3/b12-10+. The normalized spacial score (nSPS) is 29.5. The SMILES string of the molecule is C/C(Cl)=C\CN1C(=O)C2C3c4ccccc4C([N+](=O)[O-])(c4ccccc43)C2C1=O. The van der Waals surface area contributed by atoms with Crippen molar-refractivity contribution < 1.29 is 14.5 Å². The molecule has 0 aromatic heterocycles. The third-order valence-electron chi connectivity index (χ3n) is 6.51. The molecule has 0 saturated carbocycles. The van der Waals surface area contributed by atoms with E-state index in [0.717, 1.165) is 16.0 Å². The highest BCUT2D eigenvalue weighted by Gasteiger charge is 2.74. The number of nitro groups is 1. The Morgan fingerprint density at radius 2 is 1.66 bits per heavy atom. The molecular weight excluding hydrogens is 392 g/mol. The van der Waals surface area contributed by atoms with Crippen molar-refractivity contribution in [2.45, 2.75) is 18.4 Å². The molecular formula is C22H17ClN2O4. The largest absolute Gasteiger partial charge is 0.284 e. The molecule has 6 rings (SSSR count). The van der Waals surface area contributed by atoms with Crippen LogP contribution in [0.2, 0.25) is 0 Å². The maximum Gasteiger partial charge on any atom is 0.284 e. The summed E-state index contributed by atoms with van der Waals surface area (Å²) in [7, 11) is 0. The summed E-state index contributed by atoms with van der Waals surface area (Å²) in [5, 5.41) is 13.2. The van der Waals surface area contributed by atoms with Crippen molar-refractivity contribution in [3.8, 4) is 0 Å². The number of benzene rings is 2. The van der Waals surface area contributed by atoms with Gasteiger partial charge in [0.25, 0.3) is 5.54 Å². The predicted molar refractivity (Wildman–Crippen MR) is 106 cm³/mol. The monoisotopic (exact) mass is 408 g/mol. The zero-order valence-electron chi connectivity index (χ0n) is 15.5. The van der Waals surface area contributed by atoms with Crippen molar-refractivity contribution in [2.24, 2.45) is 11.8 Å². The number of halogens is 1. The minimum atomic E-state index is -1.77. The number of hydrogen-bond donors (Lipinski definition) is 0. The predicted octanol–water partition coefficient (Wildman–Crippen LogP) is 3.41. The smallest absolute Gasteiger partial charge is 0.278 e. The van der Waals surface area contributed by atoms with E-state index in [1.807, 2.05) is 24.3 Å². The van der Waals surface area contributed by atoms with Crippen molar-refractivity contribution in [3.05, 3.63) is 92.0 Å². The zero-order chi connectivity index (χ0) is 20.5. The molecule has 1 heterocycles. The van der Waals surface area contributed by atoms with E-state index >= 15 is 0 Å². The molecule has 146 valence electrons. The molecule has 1 aliphatic heterocycles. The van der Waals surface area contributed by atoms with Crippen LogP contribution in [0.3, 0.4) is 0 Å². The van der Waals surface area contributed by atoms with Gasteiger partial charge in [-0.2, -0.15) is 0 Å². The average molecular weight is 409 g/mol. The maximum absolute atomic E-state index is 13.4. The highest BCUT2D eigenvalue weighted by atomic mass is 35.5. The number of likely N-dealkylation sites (tertiary alicyclic amines) is 1. The minimum Gasteiger partial charge on any atom is -0.278 e. The number of carbonyl (C=O) groups excluding carboxylic acids is 2. The maximum atomic E-state index is 13.4. The Morgan fingerprint density at radius 3 is 2.17 bits per heavy atom. The Morgan fingerprint density at radius 1 is 1.10 bits per heavy atom. The van der Waals surface area contributed by atoms with Crippen LogP contribution in [0.25, 0.3) is 0 Å². The summed E-state index contributed by atoms with van der Waals surface area (Å²) in [6, 6.07) is 14.3. The molecule has 3 aliphatic carbocycles. The minimum absolute atomic E-state index is 0.0210. The number of imide groups is 1. The Kier molecular flexibility index (Phi) is 3.74. The molecule has 6 nitrogen and oxygen atoms in total. The summed E-state index contributed by atoms with van der Waals surface area (Å²) >= 11 is 5.90. The van der Waals surface area contributed by atoms with Crippen molar-refractivity contribution in [2.75, 3.05) is 6.54 Å². The third-order valence-corrected chi connectivity index (χ3v) is 6.66. The van der Waals surface area contributed by atoms with Crippen molar-refractivity contribution >= 4 is 23.4 Å². The van der Waals surface area contributed by atoms with Gasteiger partial charge in [-0.15, -0.1) is 0 Å². The molecule has 4 aliphatic rings. The van der Waals surface area contributed by atoms with Crippen LogP contribution in [-0.4, -0.2) is 28.2 Å². The summed E-state index contributed by atoms with van der Waals surface area (Å²) in [6.07, 6.45) is 1.58. The summed E-state index contributed by atoms with van der Waals surface area (Å²) in [5.41, 5.74) is 0.782. The Bertz CT molecular complexity index is 1070. The van der Waals surface area contributed by atoms with Crippen LogP contribution in [0.5, 0.6) is 0 Å². The highest BCUT2D eigenvalue weighted by molar-refractivity contribution is 6.29. The zero-order valence-corrected chi connectivity index (χ0v) is 16.3. The lowest BCUT2D eigenvalue weighted by atomic mass is 9.51. The fourth-order valence-electron chi connectivity index (χ4n) is 5.50. The lowest BCUT2D eigenvalue weighted by Crippen LogP contribution is -2.57. The Hall–Kier alpha value is -2.99. The van der Waals surface area contributed by atoms with E-state index in [2.05, 4.69) is 0 Å². The Labute approximate surface area is 171 Å². The van der Waals surface area contributed by atoms with Gasteiger partial charge in [-0.25, -0.2) is 0 Å². The molecule has 1 fully saturated rings. The molecule has 0 radical (unpaired) electrons. The van der Waals surface area contributed by atoms with Crippen LogP contribution >= 0.6 is 11.6 Å². The van der Waals surface area contributed by atoms with Gasteiger partial charge >= 0.3 is 0 Å². The molecule has 0 spiro atoms. The van der Waals surface area contributed by atoms with Crippen LogP contribution in [0.15, 0.2) is 59.6 Å². The van der Waals surface area contributed by atoms with Crippen molar-refractivity contribution in [1.29, 1.82) is 0 Å². The number of rotatable bonds is 3. The lowest BCUT2D eigenvalue weighted by Gasteiger charge is -2.48. The average Bonchev–Trinajstić information content (AvgIpc) is 2.97. The van der Waals surface area contributed by atoms with Crippen molar-refractivity contribution in [1.82, 2.24) is 4.90 Å². The van der Waals surface area contributed by atoms with E-state index < -0.39 is 23.3 Å². The molecule has 2 bridgehead atoms. The molecule has 1 saturated heterocycles. The van der Waals surface area contributed by atoms with Gasteiger partial charge in [0.15, 0.2) is 0 Å². The Balaban J connectivity index is 1.82. The number of amides is 2. The molecule has 2 aromatic rings. The first-order valence-electron chi connectivity index (χ1n) is 9.41. The fraction of sp³-hybridized carbons (Fsp3) is 0.273. The van der Waals surface area contributed by atoms with Gasteiger partial charge in [0.1, 0.15) is 5.92 Å². The van der Waals surface area contributed by atoms with Gasteiger partial charge in [0.2, 0.25) is 11.8 Å². The summed E-state index contributed by atoms with van der Waals surface area (Å²) < 4.78 is 0. The van der Waals surface area contributed by atoms with Gasteiger partial charge in [0, 0.05) is 33.5 Å². The van der Waals surface area contributed by atoms with E-state index in [4.69, 9.17) is 11.6 Å². The molecule has 7 heteroatoms. The lowest BCUT2D eigenvalue weighted by molar-refractivity contribution is -0.578. The summed E-state index contributed by atoms with van der Waals surface area (Å²) in [6.45, 7) is 1.68. The first-order chi connectivity index (χ1) is 13.9. The van der Waals surface area contributed by atoms with Gasteiger partial charge in [-0.1, -0.05) is 66.2 Å². The van der Waals surface area contributed by atoms with Crippen LogP contribution < -0.4 is 0 Å². The molecule has 2 amide bonds. The fourth-order valence-corrected chi connectivity index (χ4v) is 5.57. The second-order valence-electron chi connectivity index (χ2n) is 7.76. The summed E-state index contributed by atoms with van der Waals surface area (Å²) in [5.74, 6) is -3.10. The first kappa shape index (κ1) is 18.1. The van der Waals surface area contributed by atoms with Gasteiger partial charge in [-0.3, -0.25) is 24.6 Å². The second kappa shape index (κ2) is 6.00. The number of hydrogen-bond acceptors (Lipinski definition) is 4. The van der Waals surface area contributed by atoms with Crippen molar-refractivity contribution in [3.63, 3.8) is 0 Å².